The van der Waals surface area contributed by atoms with Crippen molar-refractivity contribution < 1.29 is 9.09 Å². The molecule has 100 valence electrons. The van der Waals surface area contributed by atoms with Gasteiger partial charge in [-0.3, -0.25) is 4.57 Å². The number of anilines is 1. The van der Waals surface area contributed by atoms with Crippen LogP contribution in [0.3, 0.4) is 0 Å². The summed E-state index contributed by atoms with van der Waals surface area (Å²) >= 11 is 5.79. The zero-order valence-corrected chi connectivity index (χ0v) is 12.4. The van der Waals surface area contributed by atoms with Crippen molar-refractivity contribution in [3.63, 3.8) is 0 Å². The van der Waals surface area contributed by atoms with Gasteiger partial charge in [-0.2, -0.15) is 0 Å². The first-order valence-electron chi connectivity index (χ1n) is 5.82. The van der Waals surface area contributed by atoms with Crippen molar-refractivity contribution in [1.82, 2.24) is 0 Å². The highest BCUT2D eigenvalue weighted by atomic mass is 35.5. The Bertz CT molecular complexity index is 544. The van der Waals surface area contributed by atoms with Gasteiger partial charge in [0.05, 0.1) is 0 Å². The second-order valence-corrected chi connectivity index (χ2v) is 6.90. The minimum atomic E-state index is -2.96. The second-order valence-electron chi connectivity index (χ2n) is 4.37. The van der Waals surface area contributed by atoms with Crippen molar-refractivity contribution in [2.45, 2.75) is 6.92 Å². The van der Waals surface area contributed by atoms with Gasteiger partial charge in [-0.1, -0.05) is 29.3 Å². The Morgan fingerprint density at radius 1 is 1.05 bits per heavy atom. The highest BCUT2D eigenvalue weighted by Crippen LogP contribution is 2.43. The molecule has 0 heterocycles. The van der Waals surface area contributed by atoms with E-state index in [4.69, 9.17) is 16.1 Å². The van der Waals surface area contributed by atoms with Crippen LogP contribution in [0.15, 0.2) is 48.5 Å². The second kappa shape index (κ2) is 5.68. The molecule has 2 rings (SSSR count). The third-order valence-corrected chi connectivity index (χ3v) is 3.95. The highest BCUT2D eigenvalue weighted by molar-refractivity contribution is 7.60. The number of hydrogen-bond acceptors (Lipinski definition) is 2. The quantitative estimate of drug-likeness (QED) is 0.810. The molecule has 5 heteroatoms. The molecule has 1 N–H and O–H groups in total. The first kappa shape index (κ1) is 14.0. The largest absolute Gasteiger partial charge is 0.429 e. The van der Waals surface area contributed by atoms with E-state index in [0.29, 0.717) is 10.8 Å². The predicted octanol–water partition coefficient (Wildman–Crippen LogP) is 4.96. The minimum absolute atomic E-state index is 0.523. The molecule has 0 saturated heterocycles. The standard InChI is InChI=1S/C14H15ClNO2P/c1-11-3-7-13(8-4-11)16-19(2,17)18-14-9-5-12(15)6-10-14/h3-10H,1-2H3,(H,16,17)/t19-/m1/s1. The topological polar surface area (TPSA) is 38.3 Å². The van der Waals surface area contributed by atoms with Crippen LogP contribution in [0, 0.1) is 6.92 Å². The lowest BCUT2D eigenvalue weighted by Gasteiger charge is -2.17. The number of benzene rings is 2. The molecule has 0 aromatic heterocycles. The van der Waals surface area contributed by atoms with Crippen LogP contribution in [-0.4, -0.2) is 6.66 Å². The summed E-state index contributed by atoms with van der Waals surface area (Å²) in [6.45, 7) is 3.54. The van der Waals surface area contributed by atoms with Crippen LogP contribution in [0.2, 0.25) is 5.02 Å². The molecule has 19 heavy (non-hydrogen) atoms. The summed E-state index contributed by atoms with van der Waals surface area (Å²) in [6.07, 6.45) is 0. The number of aryl methyl sites for hydroxylation is 1. The van der Waals surface area contributed by atoms with Crippen molar-refractivity contribution in [3.8, 4) is 5.75 Å². The predicted molar refractivity (Wildman–Crippen MR) is 80.4 cm³/mol. The van der Waals surface area contributed by atoms with Crippen molar-refractivity contribution in [1.29, 1.82) is 0 Å². The Morgan fingerprint density at radius 3 is 2.21 bits per heavy atom. The molecule has 0 aliphatic rings. The van der Waals surface area contributed by atoms with E-state index in [9.17, 15) is 4.57 Å². The summed E-state index contributed by atoms with van der Waals surface area (Å²) < 4.78 is 17.8. The summed E-state index contributed by atoms with van der Waals surface area (Å²) in [5, 5.41) is 3.52. The third kappa shape index (κ3) is 4.30. The fraction of sp³-hybridized carbons (Fsp3) is 0.143. The van der Waals surface area contributed by atoms with E-state index >= 15 is 0 Å². The highest BCUT2D eigenvalue weighted by Gasteiger charge is 2.17. The molecular formula is C14H15ClNO2P. The Hall–Kier alpha value is -1.44. The molecule has 0 fully saturated rings. The lowest BCUT2D eigenvalue weighted by Crippen LogP contribution is -2.02. The van der Waals surface area contributed by atoms with Gasteiger partial charge < -0.3 is 9.61 Å². The van der Waals surface area contributed by atoms with E-state index in [-0.39, 0.29) is 0 Å². The van der Waals surface area contributed by atoms with Gasteiger partial charge in [0.2, 0.25) is 0 Å². The van der Waals surface area contributed by atoms with E-state index in [2.05, 4.69) is 5.09 Å². The summed E-state index contributed by atoms with van der Waals surface area (Å²) in [7, 11) is -2.96. The van der Waals surface area contributed by atoms with Crippen LogP contribution in [0.5, 0.6) is 5.75 Å². The zero-order valence-electron chi connectivity index (χ0n) is 10.8. The summed E-state index contributed by atoms with van der Waals surface area (Å²) in [4.78, 5) is 0. The molecule has 0 unspecified atom stereocenters. The lowest BCUT2D eigenvalue weighted by atomic mass is 10.2. The molecule has 0 radical (unpaired) electrons. The molecule has 0 amide bonds. The third-order valence-electron chi connectivity index (χ3n) is 2.48. The van der Waals surface area contributed by atoms with Gasteiger partial charge in [0, 0.05) is 17.4 Å². The maximum Gasteiger partial charge on any atom is 0.338 e. The van der Waals surface area contributed by atoms with Gasteiger partial charge in [-0.25, -0.2) is 0 Å². The van der Waals surface area contributed by atoms with E-state index < -0.39 is 7.52 Å². The summed E-state index contributed by atoms with van der Waals surface area (Å²) in [6, 6.07) is 14.4. The van der Waals surface area contributed by atoms with Gasteiger partial charge in [-0.15, -0.1) is 0 Å². The van der Waals surface area contributed by atoms with E-state index in [1.54, 1.807) is 30.9 Å². The number of halogens is 1. The van der Waals surface area contributed by atoms with E-state index in [1.165, 1.54) is 0 Å². The molecule has 0 aliphatic carbocycles. The van der Waals surface area contributed by atoms with Crippen LogP contribution >= 0.6 is 19.1 Å². The maximum atomic E-state index is 12.4. The van der Waals surface area contributed by atoms with Crippen LogP contribution in [0.25, 0.3) is 0 Å². The van der Waals surface area contributed by atoms with Crippen molar-refractivity contribution in [3.05, 3.63) is 59.1 Å². The SMILES string of the molecule is Cc1ccc(N[P@](C)(=O)Oc2ccc(Cl)cc2)cc1. The van der Waals surface area contributed by atoms with E-state index in [1.807, 2.05) is 31.2 Å². The van der Waals surface area contributed by atoms with Gasteiger partial charge in [0.1, 0.15) is 5.75 Å². The first-order chi connectivity index (χ1) is 8.94. The number of rotatable bonds is 4. The average molecular weight is 296 g/mol. The normalized spacial score (nSPS) is 13.6. The molecule has 1 atom stereocenters. The van der Waals surface area contributed by atoms with Crippen LogP contribution in [-0.2, 0) is 4.57 Å². The fourth-order valence-corrected chi connectivity index (χ4v) is 2.90. The molecule has 0 spiro atoms. The van der Waals surface area contributed by atoms with Crippen LogP contribution in [0.4, 0.5) is 5.69 Å². The van der Waals surface area contributed by atoms with Crippen molar-refractivity contribution >= 4 is 24.8 Å². The summed E-state index contributed by atoms with van der Waals surface area (Å²) in [5.74, 6) is 0.523. The number of hydrogen-bond donors (Lipinski definition) is 1. The van der Waals surface area contributed by atoms with Gasteiger partial charge in [-0.05, 0) is 43.3 Å². The monoisotopic (exact) mass is 295 g/mol. The smallest absolute Gasteiger partial charge is 0.338 e. The lowest BCUT2D eigenvalue weighted by molar-refractivity contribution is 0.493. The Balaban J connectivity index is 2.08. The van der Waals surface area contributed by atoms with E-state index in [0.717, 1.165) is 11.3 Å². The fourth-order valence-electron chi connectivity index (χ4n) is 1.58. The van der Waals surface area contributed by atoms with Gasteiger partial charge in [0.15, 0.2) is 0 Å². The Labute approximate surface area is 118 Å². The van der Waals surface area contributed by atoms with Crippen LogP contribution < -0.4 is 9.61 Å². The molecule has 0 bridgehead atoms. The molecule has 2 aromatic rings. The Morgan fingerprint density at radius 2 is 1.63 bits per heavy atom. The molecule has 0 aliphatic heterocycles. The van der Waals surface area contributed by atoms with Crippen molar-refractivity contribution in [2.24, 2.45) is 0 Å². The van der Waals surface area contributed by atoms with Gasteiger partial charge >= 0.3 is 7.52 Å². The van der Waals surface area contributed by atoms with Crippen molar-refractivity contribution in [2.75, 3.05) is 11.8 Å². The zero-order chi connectivity index (χ0) is 13.9. The minimum Gasteiger partial charge on any atom is -0.429 e. The summed E-state index contributed by atoms with van der Waals surface area (Å²) in [5.41, 5.74) is 1.92. The number of nitrogens with one attached hydrogen (secondary N) is 1. The van der Waals surface area contributed by atoms with Gasteiger partial charge in [0.25, 0.3) is 0 Å². The first-order valence-corrected chi connectivity index (χ1v) is 8.27. The maximum absolute atomic E-state index is 12.4. The molecule has 2 aromatic carbocycles. The Kier molecular flexibility index (Phi) is 4.18. The molecule has 0 saturated carbocycles. The molecular weight excluding hydrogens is 281 g/mol. The van der Waals surface area contributed by atoms with Crippen LogP contribution in [0.1, 0.15) is 5.56 Å². The molecule has 3 nitrogen and oxygen atoms in total. The average Bonchev–Trinajstić information content (AvgIpc) is 2.34.